The van der Waals surface area contributed by atoms with Gasteiger partial charge in [0.05, 0.1) is 5.33 Å². The predicted molar refractivity (Wildman–Crippen MR) is 57.0 cm³/mol. The van der Waals surface area contributed by atoms with Crippen LogP contribution in [-0.4, -0.2) is 11.1 Å². The highest BCUT2D eigenvalue weighted by Gasteiger charge is 2.07. The molecular weight excluding hydrogens is 284 g/mol. The Morgan fingerprint density at radius 1 is 1.50 bits per heavy atom. The van der Waals surface area contributed by atoms with E-state index in [1.54, 1.807) is 0 Å². The van der Waals surface area contributed by atoms with Crippen molar-refractivity contribution in [1.29, 1.82) is 0 Å². The quantitative estimate of drug-likeness (QED) is 0.603. The van der Waals surface area contributed by atoms with Gasteiger partial charge in [-0.1, -0.05) is 37.9 Å². The molecule has 0 aliphatic heterocycles. The summed E-state index contributed by atoms with van der Waals surface area (Å²) in [6, 6.07) is 5.71. The van der Waals surface area contributed by atoms with Crippen molar-refractivity contribution in [2.24, 2.45) is 0 Å². The van der Waals surface area contributed by atoms with Gasteiger partial charge in [-0.15, -0.1) is 0 Å². The average molecular weight is 292 g/mol. The summed E-state index contributed by atoms with van der Waals surface area (Å²) < 4.78 is 0.868. The van der Waals surface area contributed by atoms with E-state index in [4.69, 9.17) is 0 Å². The molecule has 0 aliphatic carbocycles. The lowest BCUT2D eigenvalue weighted by atomic mass is 10.1. The van der Waals surface area contributed by atoms with E-state index < -0.39 is 0 Å². The van der Waals surface area contributed by atoms with Crippen LogP contribution in [0.4, 0.5) is 0 Å². The maximum atomic E-state index is 11.3. The number of rotatable bonds is 2. The second-order valence-electron chi connectivity index (χ2n) is 2.54. The van der Waals surface area contributed by atoms with Gasteiger partial charge < -0.3 is 0 Å². The fourth-order valence-corrected chi connectivity index (χ4v) is 1.93. The number of Topliss-reactive ketones (excluding diaryl/α,β-unsaturated/α-hetero) is 1. The number of aryl methyl sites for hydroxylation is 1. The molecule has 3 heteroatoms. The van der Waals surface area contributed by atoms with E-state index in [0.717, 1.165) is 15.6 Å². The zero-order chi connectivity index (χ0) is 9.14. The van der Waals surface area contributed by atoms with Crippen LogP contribution >= 0.6 is 31.9 Å². The first-order valence-corrected chi connectivity index (χ1v) is 5.42. The normalized spacial score (nSPS) is 9.92. The van der Waals surface area contributed by atoms with Crippen molar-refractivity contribution in [2.45, 2.75) is 6.92 Å². The zero-order valence-corrected chi connectivity index (χ0v) is 9.78. The molecule has 12 heavy (non-hydrogen) atoms. The molecule has 1 aromatic carbocycles. The van der Waals surface area contributed by atoms with E-state index >= 15 is 0 Å². The van der Waals surface area contributed by atoms with E-state index in [9.17, 15) is 4.79 Å². The first-order chi connectivity index (χ1) is 5.65. The van der Waals surface area contributed by atoms with Gasteiger partial charge in [0.15, 0.2) is 5.78 Å². The summed E-state index contributed by atoms with van der Waals surface area (Å²) in [5.74, 6) is 0.0990. The third-order valence-electron chi connectivity index (χ3n) is 1.55. The van der Waals surface area contributed by atoms with Crippen molar-refractivity contribution in [3.63, 3.8) is 0 Å². The van der Waals surface area contributed by atoms with Crippen LogP contribution in [-0.2, 0) is 0 Å². The Labute approximate surface area is 88.4 Å². The number of alkyl halides is 1. The molecule has 0 amide bonds. The van der Waals surface area contributed by atoms with Crippen LogP contribution in [0.1, 0.15) is 15.9 Å². The Morgan fingerprint density at radius 2 is 2.17 bits per heavy atom. The third kappa shape index (κ3) is 2.17. The molecule has 0 aromatic heterocycles. The molecule has 0 saturated carbocycles. The maximum absolute atomic E-state index is 11.3. The van der Waals surface area contributed by atoms with Crippen molar-refractivity contribution in [2.75, 3.05) is 5.33 Å². The van der Waals surface area contributed by atoms with Crippen LogP contribution < -0.4 is 0 Å². The number of hydrogen-bond acceptors (Lipinski definition) is 1. The highest BCUT2D eigenvalue weighted by atomic mass is 79.9. The Balaban J connectivity index is 3.09. The Morgan fingerprint density at radius 3 is 2.67 bits per heavy atom. The largest absolute Gasteiger partial charge is 0.293 e. The second-order valence-corrected chi connectivity index (χ2v) is 3.96. The molecule has 64 valence electrons. The molecule has 0 atom stereocenters. The molecule has 0 N–H and O–H groups in total. The minimum atomic E-state index is 0.0990. The highest BCUT2D eigenvalue weighted by molar-refractivity contribution is 9.10. The minimum Gasteiger partial charge on any atom is -0.293 e. The number of carbonyl (C=O) groups is 1. The molecule has 0 bridgehead atoms. The summed E-state index contributed by atoms with van der Waals surface area (Å²) in [6.07, 6.45) is 0. The number of ketones is 1. The predicted octanol–water partition coefficient (Wildman–Crippen LogP) is 3.34. The summed E-state index contributed by atoms with van der Waals surface area (Å²) in [5.41, 5.74) is 1.88. The van der Waals surface area contributed by atoms with Crippen LogP contribution in [0.2, 0.25) is 0 Å². The Hall–Kier alpha value is -0.150. The summed E-state index contributed by atoms with van der Waals surface area (Å²) in [7, 11) is 0. The summed E-state index contributed by atoms with van der Waals surface area (Å²) in [6.45, 7) is 1.99. The van der Waals surface area contributed by atoms with Crippen molar-refractivity contribution in [1.82, 2.24) is 0 Å². The monoisotopic (exact) mass is 290 g/mol. The minimum absolute atomic E-state index is 0.0990. The standard InChI is InChI=1S/C9H8Br2O/c1-6-2-3-7(8(11)4-6)9(12)5-10/h2-4H,5H2,1H3. The highest BCUT2D eigenvalue weighted by Crippen LogP contribution is 2.19. The molecule has 0 spiro atoms. The molecular formula is C9H8Br2O. The number of hydrogen-bond donors (Lipinski definition) is 0. The first kappa shape index (κ1) is 9.93. The first-order valence-electron chi connectivity index (χ1n) is 3.50. The Bertz CT molecular complexity index is 307. The lowest BCUT2D eigenvalue weighted by Gasteiger charge is -2.01. The van der Waals surface area contributed by atoms with Crippen molar-refractivity contribution in [3.8, 4) is 0 Å². The van der Waals surface area contributed by atoms with Gasteiger partial charge in [-0.25, -0.2) is 0 Å². The van der Waals surface area contributed by atoms with E-state index in [1.165, 1.54) is 0 Å². The van der Waals surface area contributed by atoms with Gasteiger partial charge in [-0.3, -0.25) is 4.79 Å². The maximum Gasteiger partial charge on any atom is 0.174 e. The molecule has 0 saturated heterocycles. The third-order valence-corrected chi connectivity index (χ3v) is 2.71. The van der Waals surface area contributed by atoms with E-state index in [1.807, 2.05) is 25.1 Å². The van der Waals surface area contributed by atoms with E-state index in [-0.39, 0.29) is 5.78 Å². The number of carbonyl (C=O) groups excluding carboxylic acids is 1. The van der Waals surface area contributed by atoms with Gasteiger partial charge in [-0.05, 0) is 24.6 Å². The molecule has 0 heterocycles. The molecule has 0 unspecified atom stereocenters. The second kappa shape index (κ2) is 4.19. The Kier molecular flexibility index (Phi) is 3.47. The van der Waals surface area contributed by atoms with Gasteiger partial charge in [0, 0.05) is 10.0 Å². The van der Waals surface area contributed by atoms with Gasteiger partial charge in [0.1, 0.15) is 0 Å². The lowest BCUT2D eigenvalue weighted by Crippen LogP contribution is -2.00. The van der Waals surface area contributed by atoms with Crippen molar-refractivity contribution >= 4 is 37.6 Å². The molecule has 1 rings (SSSR count). The topological polar surface area (TPSA) is 17.1 Å². The lowest BCUT2D eigenvalue weighted by molar-refractivity contribution is 0.102. The SMILES string of the molecule is Cc1ccc(C(=O)CBr)c(Br)c1. The van der Waals surface area contributed by atoms with Gasteiger partial charge >= 0.3 is 0 Å². The molecule has 0 aliphatic rings. The number of benzene rings is 1. The van der Waals surface area contributed by atoms with E-state index in [0.29, 0.717) is 5.33 Å². The van der Waals surface area contributed by atoms with Gasteiger partial charge in [0.25, 0.3) is 0 Å². The smallest absolute Gasteiger partial charge is 0.174 e. The van der Waals surface area contributed by atoms with Crippen molar-refractivity contribution < 1.29 is 4.79 Å². The molecule has 1 nitrogen and oxygen atoms in total. The fourth-order valence-electron chi connectivity index (χ4n) is 0.918. The molecule has 1 aromatic rings. The summed E-state index contributed by atoms with van der Waals surface area (Å²) >= 11 is 6.48. The van der Waals surface area contributed by atoms with Crippen LogP contribution in [0.15, 0.2) is 22.7 Å². The fraction of sp³-hybridized carbons (Fsp3) is 0.222. The van der Waals surface area contributed by atoms with Crippen LogP contribution in [0, 0.1) is 6.92 Å². The van der Waals surface area contributed by atoms with Crippen LogP contribution in [0.25, 0.3) is 0 Å². The van der Waals surface area contributed by atoms with Crippen LogP contribution in [0.3, 0.4) is 0 Å². The molecule has 0 fully saturated rings. The molecule has 0 radical (unpaired) electrons. The average Bonchev–Trinajstić information content (AvgIpc) is 2.03. The van der Waals surface area contributed by atoms with Crippen LogP contribution in [0.5, 0.6) is 0 Å². The van der Waals surface area contributed by atoms with Gasteiger partial charge in [-0.2, -0.15) is 0 Å². The van der Waals surface area contributed by atoms with Crippen molar-refractivity contribution in [3.05, 3.63) is 33.8 Å². The zero-order valence-electron chi connectivity index (χ0n) is 6.60. The number of halogens is 2. The summed E-state index contributed by atoms with van der Waals surface area (Å²) in [5, 5.41) is 0.370. The summed E-state index contributed by atoms with van der Waals surface area (Å²) in [4.78, 5) is 11.3. The van der Waals surface area contributed by atoms with Gasteiger partial charge in [0.2, 0.25) is 0 Å². The van der Waals surface area contributed by atoms with E-state index in [2.05, 4.69) is 31.9 Å².